The van der Waals surface area contributed by atoms with Gasteiger partial charge in [0, 0.05) is 43.0 Å². The lowest BCUT2D eigenvalue weighted by atomic mass is 10.1. The Morgan fingerprint density at radius 3 is 2.28 bits per heavy atom. The zero-order valence-corrected chi connectivity index (χ0v) is 16.9. The fourth-order valence-corrected chi connectivity index (χ4v) is 3.02. The first-order valence-electron chi connectivity index (χ1n) is 9.54. The molecule has 3 rings (SSSR count). The molecule has 0 aliphatic carbocycles. The van der Waals surface area contributed by atoms with Gasteiger partial charge in [0.1, 0.15) is 0 Å². The van der Waals surface area contributed by atoms with Crippen LogP contribution in [0.15, 0.2) is 47.1 Å². The molecule has 8 heteroatoms. The molecule has 2 heterocycles. The lowest BCUT2D eigenvalue weighted by molar-refractivity contribution is 0.0640. The lowest BCUT2D eigenvalue weighted by Crippen LogP contribution is -2.51. The number of rotatable bonds is 3. The van der Waals surface area contributed by atoms with Gasteiger partial charge in [0.05, 0.1) is 6.26 Å². The van der Waals surface area contributed by atoms with E-state index in [4.69, 9.17) is 4.42 Å². The van der Waals surface area contributed by atoms with Crippen molar-refractivity contribution in [2.75, 3.05) is 31.5 Å². The van der Waals surface area contributed by atoms with Crippen LogP contribution in [-0.4, -0.2) is 59.4 Å². The summed E-state index contributed by atoms with van der Waals surface area (Å²) in [5.74, 6) is -0.0699. The van der Waals surface area contributed by atoms with Crippen molar-refractivity contribution in [2.24, 2.45) is 0 Å². The van der Waals surface area contributed by atoms with Crippen molar-refractivity contribution in [3.63, 3.8) is 0 Å². The van der Waals surface area contributed by atoms with E-state index in [9.17, 15) is 14.4 Å². The monoisotopic (exact) mass is 398 g/mol. The topological polar surface area (TPSA) is 94.9 Å². The van der Waals surface area contributed by atoms with Crippen LogP contribution in [-0.2, 0) is 0 Å². The highest BCUT2D eigenvalue weighted by molar-refractivity contribution is 5.97. The van der Waals surface area contributed by atoms with Crippen LogP contribution in [0.5, 0.6) is 0 Å². The molecule has 2 N–H and O–H groups in total. The third-order valence-corrected chi connectivity index (χ3v) is 4.45. The summed E-state index contributed by atoms with van der Waals surface area (Å²) in [6.07, 6.45) is 1.47. The summed E-state index contributed by atoms with van der Waals surface area (Å²) in [5.41, 5.74) is 0.681. The molecule has 0 unspecified atom stereocenters. The van der Waals surface area contributed by atoms with Crippen LogP contribution in [0.3, 0.4) is 0 Å². The Morgan fingerprint density at radius 1 is 0.966 bits per heavy atom. The van der Waals surface area contributed by atoms with Crippen LogP contribution < -0.4 is 10.6 Å². The number of urea groups is 1. The van der Waals surface area contributed by atoms with Gasteiger partial charge in [-0.15, -0.1) is 0 Å². The number of hydrogen-bond acceptors (Lipinski definition) is 4. The molecule has 154 valence electrons. The predicted molar refractivity (Wildman–Crippen MR) is 109 cm³/mol. The number of furan rings is 1. The average molecular weight is 398 g/mol. The first kappa shape index (κ1) is 20.4. The Morgan fingerprint density at radius 2 is 1.66 bits per heavy atom. The number of nitrogens with zero attached hydrogens (tertiary/aromatic N) is 2. The van der Waals surface area contributed by atoms with Gasteiger partial charge >= 0.3 is 6.03 Å². The number of amides is 4. The van der Waals surface area contributed by atoms with Crippen molar-refractivity contribution < 1.29 is 18.8 Å². The molecule has 1 saturated heterocycles. The van der Waals surface area contributed by atoms with Crippen LogP contribution in [0.4, 0.5) is 10.5 Å². The smallest absolute Gasteiger partial charge is 0.321 e. The molecule has 0 bridgehead atoms. The van der Waals surface area contributed by atoms with Crippen LogP contribution >= 0.6 is 0 Å². The molecule has 4 amide bonds. The minimum atomic E-state index is -0.344. The number of carbonyl (C=O) groups excluding carboxylic acids is 3. The van der Waals surface area contributed by atoms with Crippen LogP contribution in [0, 0.1) is 0 Å². The number of piperazine rings is 1. The van der Waals surface area contributed by atoms with Gasteiger partial charge in [-0.05, 0) is 51.1 Å². The Labute approximate surface area is 169 Å². The van der Waals surface area contributed by atoms with Gasteiger partial charge < -0.3 is 24.9 Å². The third kappa shape index (κ3) is 5.37. The highest BCUT2D eigenvalue weighted by atomic mass is 16.3. The van der Waals surface area contributed by atoms with Crippen LogP contribution in [0.25, 0.3) is 0 Å². The molecule has 1 aromatic carbocycles. The molecule has 1 fully saturated rings. The second-order valence-corrected chi connectivity index (χ2v) is 7.97. The summed E-state index contributed by atoms with van der Waals surface area (Å²) >= 11 is 0. The van der Waals surface area contributed by atoms with E-state index < -0.39 is 0 Å². The number of nitrogens with one attached hydrogen (secondary N) is 2. The van der Waals surface area contributed by atoms with Gasteiger partial charge in [-0.25, -0.2) is 4.79 Å². The van der Waals surface area contributed by atoms with Gasteiger partial charge in [-0.1, -0.05) is 6.07 Å². The normalized spacial score (nSPS) is 14.4. The van der Waals surface area contributed by atoms with Crippen LogP contribution in [0.2, 0.25) is 0 Å². The van der Waals surface area contributed by atoms with E-state index in [1.807, 2.05) is 20.8 Å². The fourth-order valence-electron chi connectivity index (χ4n) is 3.02. The highest BCUT2D eigenvalue weighted by Gasteiger charge is 2.26. The molecule has 0 radical (unpaired) electrons. The predicted octanol–water partition coefficient (Wildman–Crippen LogP) is 2.80. The molecule has 0 atom stereocenters. The van der Waals surface area contributed by atoms with E-state index in [2.05, 4.69) is 10.6 Å². The maximum Gasteiger partial charge on any atom is 0.321 e. The van der Waals surface area contributed by atoms with Gasteiger partial charge in [0.15, 0.2) is 5.76 Å². The second-order valence-electron chi connectivity index (χ2n) is 7.97. The molecule has 0 spiro atoms. The quantitative estimate of drug-likeness (QED) is 0.831. The fraction of sp³-hybridized carbons (Fsp3) is 0.381. The summed E-state index contributed by atoms with van der Waals surface area (Å²) < 4.78 is 5.15. The standard InChI is InChI=1S/C21H26N4O4/c1-21(2,3)23-18(26)15-6-4-7-16(14-15)22-20(28)25-11-9-24(10-12-25)19(27)17-8-5-13-29-17/h4-8,13-14H,9-12H2,1-3H3,(H,22,28)(H,23,26). The molecule has 1 aliphatic rings. The molecular weight excluding hydrogens is 372 g/mol. The van der Waals surface area contributed by atoms with Crippen molar-refractivity contribution in [3.8, 4) is 0 Å². The van der Waals surface area contributed by atoms with Gasteiger partial charge in [0.25, 0.3) is 11.8 Å². The molecule has 0 saturated carbocycles. The Hall–Kier alpha value is -3.29. The second kappa shape index (κ2) is 8.38. The van der Waals surface area contributed by atoms with Crippen molar-refractivity contribution >= 4 is 23.5 Å². The van der Waals surface area contributed by atoms with E-state index in [1.165, 1.54) is 6.26 Å². The molecular formula is C21H26N4O4. The maximum absolute atomic E-state index is 12.6. The van der Waals surface area contributed by atoms with Crippen molar-refractivity contribution in [1.29, 1.82) is 0 Å². The van der Waals surface area contributed by atoms with Gasteiger partial charge in [-0.2, -0.15) is 0 Å². The lowest BCUT2D eigenvalue weighted by Gasteiger charge is -2.34. The zero-order valence-electron chi connectivity index (χ0n) is 16.9. The minimum Gasteiger partial charge on any atom is -0.459 e. The molecule has 29 heavy (non-hydrogen) atoms. The number of hydrogen-bond donors (Lipinski definition) is 2. The number of benzene rings is 1. The summed E-state index contributed by atoms with van der Waals surface area (Å²) in [4.78, 5) is 40.5. The van der Waals surface area contributed by atoms with E-state index in [-0.39, 0.29) is 23.4 Å². The minimum absolute atomic E-state index is 0.173. The first-order chi connectivity index (χ1) is 13.7. The Bertz CT molecular complexity index is 878. The maximum atomic E-state index is 12.6. The van der Waals surface area contributed by atoms with Gasteiger partial charge in [0.2, 0.25) is 0 Å². The largest absolute Gasteiger partial charge is 0.459 e. The Balaban J connectivity index is 1.55. The summed E-state index contributed by atoms with van der Waals surface area (Å²) in [6.45, 7) is 7.43. The highest BCUT2D eigenvalue weighted by Crippen LogP contribution is 2.14. The van der Waals surface area contributed by atoms with Crippen LogP contribution in [0.1, 0.15) is 41.7 Å². The summed E-state index contributed by atoms with van der Waals surface area (Å²) in [6, 6.07) is 9.86. The van der Waals surface area contributed by atoms with E-state index in [1.54, 1.807) is 46.2 Å². The molecule has 8 nitrogen and oxygen atoms in total. The van der Waals surface area contributed by atoms with Crippen molar-refractivity contribution in [3.05, 3.63) is 54.0 Å². The van der Waals surface area contributed by atoms with E-state index >= 15 is 0 Å². The molecule has 1 aromatic heterocycles. The SMILES string of the molecule is CC(C)(C)NC(=O)c1cccc(NC(=O)N2CCN(C(=O)c3ccco3)CC2)c1. The Kier molecular flexibility index (Phi) is 5.91. The van der Waals surface area contributed by atoms with Gasteiger partial charge in [-0.3, -0.25) is 9.59 Å². The third-order valence-electron chi connectivity index (χ3n) is 4.45. The number of carbonyl (C=O) groups is 3. The zero-order chi connectivity index (χ0) is 21.0. The summed E-state index contributed by atoms with van der Waals surface area (Å²) in [5, 5.41) is 5.73. The van der Waals surface area contributed by atoms with Crippen molar-refractivity contribution in [2.45, 2.75) is 26.3 Å². The first-order valence-corrected chi connectivity index (χ1v) is 9.54. The number of anilines is 1. The average Bonchev–Trinajstić information content (AvgIpc) is 3.21. The van der Waals surface area contributed by atoms with E-state index in [0.717, 1.165) is 0 Å². The molecule has 1 aliphatic heterocycles. The van der Waals surface area contributed by atoms with E-state index in [0.29, 0.717) is 43.2 Å². The summed E-state index contributed by atoms with van der Waals surface area (Å²) in [7, 11) is 0. The molecule has 2 aromatic rings. The van der Waals surface area contributed by atoms with Crippen molar-refractivity contribution in [1.82, 2.24) is 15.1 Å².